The Morgan fingerprint density at radius 3 is 1.91 bits per heavy atom. The molecule has 5 rings (SSSR count). The number of benzene rings is 4. The fraction of sp³-hybridized carbons (Fsp3) is 0.278. The molecule has 240 valence electrons. The lowest BCUT2D eigenvalue weighted by Crippen LogP contribution is -2.55. The Hall–Kier alpha value is -3.85. The van der Waals surface area contributed by atoms with Crippen LogP contribution < -0.4 is 9.62 Å². The lowest BCUT2D eigenvalue weighted by molar-refractivity contribution is -0.140. The molecule has 1 N–H and O–H groups in total. The molecule has 1 atom stereocenters. The minimum absolute atomic E-state index is 0.0241. The first-order chi connectivity index (χ1) is 22.2. The van der Waals surface area contributed by atoms with Gasteiger partial charge in [-0.3, -0.25) is 13.9 Å². The van der Waals surface area contributed by atoms with Gasteiger partial charge in [0, 0.05) is 29.1 Å². The maximum Gasteiger partial charge on any atom is 0.264 e. The Kier molecular flexibility index (Phi) is 11.4. The van der Waals surface area contributed by atoms with Gasteiger partial charge in [0.25, 0.3) is 10.0 Å². The maximum atomic E-state index is 14.6. The van der Waals surface area contributed by atoms with Crippen molar-refractivity contribution >= 4 is 50.7 Å². The Bertz CT molecular complexity index is 1700. The van der Waals surface area contributed by atoms with Gasteiger partial charge in [-0.2, -0.15) is 0 Å². The third-order valence-corrected chi connectivity index (χ3v) is 10.5. The molecule has 1 saturated carbocycles. The van der Waals surface area contributed by atoms with E-state index in [-0.39, 0.29) is 35.5 Å². The van der Waals surface area contributed by atoms with E-state index in [1.54, 1.807) is 66.7 Å². The van der Waals surface area contributed by atoms with Crippen molar-refractivity contribution in [2.75, 3.05) is 10.8 Å². The number of amides is 2. The Labute approximate surface area is 281 Å². The van der Waals surface area contributed by atoms with Crippen molar-refractivity contribution < 1.29 is 18.0 Å². The van der Waals surface area contributed by atoms with Crippen LogP contribution in [0.3, 0.4) is 0 Å². The van der Waals surface area contributed by atoms with Crippen molar-refractivity contribution in [1.82, 2.24) is 10.2 Å². The number of sulfonamides is 1. The summed E-state index contributed by atoms with van der Waals surface area (Å²) in [6, 6.07) is 30.0. The molecule has 1 aliphatic carbocycles. The molecule has 0 bridgehead atoms. The monoisotopic (exact) mass is 677 g/mol. The zero-order valence-corrected chi connectivity index (χ0v) is 27.7. The second kappa shape index (κ2) is 15.6. The lowest BCUT2D eigenvalue weighted by Gasteiger charge is -2.35. The lowest BCUT2D eigenvalue weighted by atomic mass is 9.94. The van der Waals surface area contributed by atoms with Gasteiger partial charge in [0.05, 0.1) is 10.6 Å². The molecule has 0 unspecified atom stereocenters. The molecule has 7 nitrogen and oxygen atoms in total. The molecular formula is C36H37Cl2N3O4S. The van der Waals surface area contributed by atoms with E-state index >= 15 is 0 Å². The van der Waals surface area contributed by atoms with Crippen molar-refractivity contribution in [3.8, 4) is 0 Å². The summed E-state index contributed by atoms with van der Waals surface area (Å²) in [5.74, 6) is -0.786. The maximum absolute atomic E-state index is 14.6. The highest BCUT2D eigenvalue weighted by Crippen LogP contribution is 2.27. The SMILES string of the molecule is O=C(NC1CCCCC1)[C@@H](Cc1ccccc1)N(Cc1ccc(Cl)cc1)C(=O)CN(c1ccc(Cl)cc1)S(=O)(=O)c1ccccc1. The molecule has 0 saturated heterocycles. The topological polar surface area (TPSA) is 86.8 Å². The van der Waals surface area contributed by atoms with Crippen molar-refractivity contribution in [3.05, 3.63) is 130 Å². The van der Waals surface area contributed by atoms with Gasteiger partial charge >= 0.3 is 0 Å². The fourth-order valence-electron chi connectivity index (χ4n) is 5.74. The predicted molar refractivity (Wildman–Crippen MR) is 183 cm³/mol. The summed E-state index contributed by atoms with van der Waals surface area (Å²) in [6.07, 6.45) is 5.23. The van der Waals surface area contributed by atoms with Crippen LogP contribution >= 0.6 is 23.2 Å². The van der Waals surface area contributed by atoms with Crippen LogP contribution in [0.4, 0.5) is 5.69 Å². The summed E-state index contributed by atoms with van der Waals surface area (Å²) in [5.41, 5.74) is 1.91. The Balaban J connectivity index is 1.55. The molecule has 1 fully saturated rings. The summed E-state index contributed by atoms with van der Waals surface area (Å²) in [4.78, 5) is 30.2. The van der Waals surface area contributed by atoms with Crippen LogP contribution in [0, 0.1) is 0 Å². The average molecular weight is 679 g/mol. The summed E-state index contributed by atoms with van der Waals surface area (Å²) in [7, 11) is -4.18. The van der Waals surface area contributed by atoms with Crippen molar-refractivity contribution in [2.24, 2.45) is 0 Å². The molecule has 0 aromatic heterocycles. The van der Waals surface area contributed by atoms with E-state index in [9.17, 15) is 18.0 Å². The standard InChI is InChI=1S/C36H37Cl2N3O4S/c37-29-18-16-28(17-19-29)25-40(34(24-27-10-4-1-5-11-27)36(43)39-31-12-6-2-7-13-31)35(42)26-41(32-22-20-30(38)21-23-32)46(44,45)33-14-8-3-9-15-33/h1,3-5,8-11,14-23,31,34H,2,6-7,12-13,24-26H2,(H,39,43)/t34-/m1/s1. The predicted octanol–water partition coefficient (Wildman–Crippen LogP) is 7.28. The van der Waals surface area contributed by atoms with Crippen LogP contribution in [0.15, 0.2) is 114 Å². The van der Waals surface area contributed by atoms with E-state index < -0.39 is 28.5 Å². The number of nitrogens with one attached hydrogen (secondary N) is 1. The first-order valence-corrected chi connectivity index (χ1v) is 17.6. The molecule has 0 heterocycles. The third-order valence-electron chi connectivity index (χ3n) is 8.21. The molecule has 46 heavy (non-hydrogen) atoms. The van der Waals surface area contributed by atoms with Gasteiger partial charge in [0.15, 0.2) is 0 Å². The summed E-state index contributed by atoms with van der Waals surface area (Å²) in [6.45, 7) is -0.458. The molecule has 10 heteroatoms. The highest BCUT2D eigenvalue weighted by atomic mass is 35.5. The van der Waals surface area contributed by atoms with Crippen LogP contribution in [0.5, 0.6) is 0 Å². The largest absolute Gasteiger partial charge is 0.352 e. The minimum atomic E-state index is -4.18. The normalized spacial score (nSPS) is 14.3. The molecule has 0 radical (unpaired) electrons. The Morgan fingerprint density at radius 2 is 1.30 bits per heavy atom. The number of hydrogen-bond acceptors (Lipinski definition) is 4. The molecule has 4 aromatic carbocycles. The average Bonchev–Trinajstić information content (AvgIpc) is 3.07. The van der Waals surface area contributed by atoms with Crippen LogP contribution in [-0.2, 0) is 32.6 Å². The zero-order valence-electron chi connectivity index (χ0n) is 25.4. The van der Waals surface area contributed by atoms with E-state index in [4.69, 9.17) is 23.2 Å². The molecule has 2 amide bonds. The van der Waals surface area contributed by atoms with Gasteiger partial charge in [0.1, 0.15) is 12.6 Å². The first-order valence-electron chi connectivity index (χ1n) is 15.4. The van der Waals surface area contributed by atoms with Crippen LogP contribution in [-0.4, -0.2) is 43.8 Å². The number of halogens is 2. The quantitative estimate of drug-likeness (QED) is 0.171. The molecule has 0 spiro atoms. The highest BCUT2D eigenvalue weighted by Gasteiger charge is 2.35. The zero-order chi connectivity index (χ0) is 32.5. The van der Waals surface area contributed by atoms with Gasteiger partial charge in [0.2, 0.25) is 11.8 Å². The van der Waals surface area contributed by atoms with E-state index in [0.717, 1.165) is 47.5 Å². The fourth-order valence-corrected chi connectivity index (χ4v) is 7.43. The number of carbonyl (C=O) groups is 2. The second-order valence-corrected chi connectivity index (χ2v) is 14.2. The van der Waals surface area contributed by atoms with Gasteiger partial charge in [-0.25, -0.2) is 8.42 Å². The van der Waals surface area contributed by atoms with Gasteiger partial charge < -0.3 is 10.2 Å². The number of carbonyl (C=O) groups excluding carboxylic acids is 2. The van der Waals surface area contributed by atoms with Crippen LogP contribution in [0.1, 0.15) is 43.2 Å². The van der Waals surface area contributed by atoms with E-state index in [0.29, 0.717) is 10.0 Å². The van der Waals surface area contributed by atoms with Gasteiger partial charge in [-0.15, -0.1) is 0 Å². The number of anilines is 1. The third kappa shape index (κ3) is 8.69. The van der Waals surface area contributed by atoms with E-state index in [1.807, 2.05) is 30.3 Å². The van der Waals surface area contributed by atoms with E-state index in [1.165, 1.54) is 17.0 Å². The van der Waals surface area contributed by atoms with Gasteiger partial charge in [-0.05, 0) is 72.5 Å². The van der Waals surface area contributed by atoms with E-state index in [2.05, 4.69) is 5.32 Å². The van der Waals surface area contributed by atoms with Crippen LogP contribution in [0.25, 0.3) is 0 Å². The van der Waals surface area contributed by atoms with Crippen molar-refractivity contribution in [1.29, 1.82) is 0 Å². The first kappa shape index (κ1) is 33.5. The highest BCUT2D eigenvalue weighted by molar-refractivity contribution is 7.92. The summed E-state index contributed by atoms with van der Waals surface area (Å²) >= 11 is 12.3. The van der Waals surface area contributed by atoms with Crippen LogP contribution in [0.2, 0.25) is 10.0 Å². The van der Waals surface area contributed by atoms with Crippen molar-refractivity contribution in [3.63, 3.8) is 0 Å². The second-order valence-electron chi connectivity index (χ2n) is 11.5. The Morgan fingerprint density at radius 1 is 0.739 bits per heavy atom. The molecule has 1 aliphatic rings. The number of hydrogen-bond donors (Lipinski definition) is 1. The smallest absolute Gasteiger partial charge is 0.264 e. The number of rotatable bonds is 12. The van der Waals surface area contributed by atoms with Gasteiger partial charge in [-0.1, -0.05) is 103 Å². The molecular weight excluding hydrogens is 641 g/mol. The molecule has 0 aliphatic heterocycles. The number of nitrogens with zero attached hydrogens (tertiary/aromatic N) is 2. The minimum Gasteiger partial charge on any atom is -0.352 e. The molecule has 4 aromatic rings. The summed E-state index contributed by atoms with van der Waals surface area (Å²) < 4.78 is 29.2. The van der Waals surface area contributed by atoms with Crippen molar-refractivity contribution in [2.45, 2.75) is 62.0 Å². The summed E-state index contributed by atoms with van der Waals surface area (Å²) in [5, 5.41) is 4.19.